The number of hydrogen-bond acceptors (Lipinski definition) is 6. The summed E-state index contributed by atoms with van der Waals surface area (Å²) in [5, 5.41) is 8.71. The molecule has 0 aliphatic carbocycles. The molecule has 0 aromatic heterocycles. The lowest BCUT2D eigenvalue weighted by Crippen LogP contribution is -2.23. The van der Waals surface area contributed by atoms with Crippen molar-refractivity contribution >= 4 is 17.7 Å². The Morgan fingerprint density at radius 1 is 0.357 bits per heavy atom. The summed E-state index contributed by atoms with van der Waals surface area (Å²) in [4.78, 5) is 35.6. The second-order valence-corrected chi connectivity index (χ2v) is 29.6. The van der Waals surface area contributed by atoms with Crippen LogP contribution in [-0.2, 0) is 66.1 Å². The number of carbonyl (C=O) groups excluding carboxylic acids is 3. The zero-order valence-electron chi connectivity index (χ0n) is 56.4. The van der Waals surface area contributed by atoms with Gasteiger partial charge in [0.2, 0.25) is 17.7 Å². The van der Waals surface area contributed by atoms with Crippen LogP contribution in [0.2, 0.25) is 0 Å². The summed E-state index contributed by atoms with van der Waals surface area (Å²) in [6.07, 6.45) is 11.1. The van der Waals surface area contributed by atoms with Crippen LogP contribution in [0.25, 0.3) is 0 Å². The van der Waals surface area contributed by atoms with Crippen LogP contribution in [0, 0.1) is 20.8 Å². The van der Waals surface area contributed by atoms with Gasteiger partial charge in [-0.05, 0) is 179 Å². The van der Waals surface area contributed by atoms with E-state index < -0.39 is 0 Å². The lowest BCUT2D eigenvalue weighted by atomic mass is 9.75. The van der Waals surface area contributed by atoms with Crippen molar-refractivity contribution in [1.29, 1.82) is 0 Å². The number of nitrogens with one attached hydrogen (secondary N) is 3. The van der Waals surface area contributed by atoms with Gasteiger partial charge in [0.15, 0.2) is 0 Å². The fourth-order valence-electron chi connectivity index (χ4n) is 11.0. The maximum atomic E-state index is 11.9. The molecule has 9 heteroatoms. The van der Waals surface area contributed by atoms with Gasteiger partial charge in [0.05, 0.1) is 19.8 Å². The van der Waals surface area contributed by atoms with Gasteiger partial charge in [-0.15, -0.1) is 0 Å². The van der Waals surface area contributed by atoms with E-state index in [1.807, 2.05) is 0 Å². The van der Waals surface area contributed by atoms with E-state index in [1.165, 1.54) is 102 Å². The Kier molecular flexibility index (Phi) is 24.6. The molecule has 84 heavy (non-hydrogen) atoms. The van der Waals surface area contributed by atoms with Crippen molar-refractivity contribution in [3.05, 3.63) is 158 Å². The van der Waals surface area contributed by atoms with Crippen LogP contribution in [0.1, 0.15) is 247 Å². The normalized spacial score (nSPS) is 12.4. The van der Waals surface area contributed by atoms with E-state index >= 15 is 0 Å². The second-order valence-electron chi connectivity index (χ2n) is 29.6. The van der Waals surface area contributed by atoms with Gasteiger partial charge in [-0.3, -0.25) is 14.4 Å². The topological polar surface area (TPSA) is 115 Å². The summed E-state index contributed by atoms with van der Waals surface area (Å²) in [6.45, 7) is 62.4. The summed E-state index contributed by atoms with van der Waals surface area (Å²) >= 11 is 0. The van der Waals surface area contributed by atoms with Crippen molar-refractivity contribution in [1.82, 2.24) is 16.0 Å². The third-order valence-corrected chi connectivity index (χ3v) is 16.1. The van der Waals surface area contributed by atoms with E-state index in [9.17, 15) is 14.4 Å². The number of unbranched alkanes of at least 4 members (excludes halogenated alkanes) is 3. The van der Waals surface area contributed by atoms with Crippen molar-refractivity contribution in [2.45, 2.75) is 236 Å². The summed E-state index contributed by atoms with van der Waals surface area (Å²) < 4.78 is 20.6. The first kappa shape index (κ1) is 70.4. The molecule has 3 amide bonds. The minimum atomic E-state index is -0.208. The Morgan fingerprint density at radius 3 is 0.714 bits per heavy atom. The largest absolute Gasteiger partial charge is 0.493 e. The number of carbonyl (C=O) groups is 3. The lowest BCUT2D eigenvalue weighted by molar-refractivity contribution is -0.117. The Labute approximate surface area is 510 Å². The molecule has 0 aliphatic rings. The van der Waals surface area contributed by atoms with Gasteiger partial charge in [0.1, 0.15) is 17.2 Å². The van der Waals surface area contributed by atoms with Crippen molar-refractivity contribution in [3.63, 3.8) is 0 Å². The molecule has 0 aliphatic heterocycles. The minimum absolute atomic E-state index is 0.155. The number of hydrogen-bond donors (Lipinski definition) is 3. The summed E-state index contributed by atoms with van der Waals surface area (Å²) in [6, 6.07) is 14.5. The molecule has 3 N–H and O–H groups in total. The van der Waals surface area contributed by atoms with Crippen LogP contribution in [-0.4, -0.2) is 57.2 Å². The average Bonchev–Trinajstić information content (AvgIpc) is 1.98. The predicted octanol–water partition coefficient (Wildman–Crippen LogP) is 16.6. The zero-order chi connectivity index (χ0) is 63.3. The molecule has 462 valence electrons. The van der Waals surface area contributed by atoms with Crippen LogP contribution in [0.5, 0.6) is 17.2 Å². The summed E-state index contributed by atoms with van der Waals surface area (Å²) in [5.41, 5.74) is 17.8. The SMILES string of the molecule is C=CC(=O)NCCCCOc1c(C(C)(C)C)cc(Cc2c(C)c(Cc3cc(C(C)(C)C)c(OCCCCNC(=O)C=C)c(C(C)(C)C)c3)c(C)c(Cc3cc(C(C)(C)C)c(OCCCCNC(=O)C=C)c(C(C)(C)C)c3)c2C)cc1C(C)(C)C. The van der Waals surface area contributed by atoms with E-state index in [0.29, 0.717) is 39.5 Å². The number of rotatable bonds is 27. The van der Waals surface area contributed by atoms with E-state index in [1.54, 1.807) is 0 Å². The van der Waals surface area contributed by atoms with Crippen LogP contribution < -0.4 is 30.2 Å². The fourth-order valence-corrected chi connectivity index (χ4v) is 11.0. The Morgan fingerprint density at radius 2 is 0.548 bits per heavy atom. The molecule has 0 saturated heterocycles. The number of benzene rings is 4. The van der Waals surface area contributed by atoms with Crippen molar-refractivity contribution in [2.75, 3.05) is 39.5 Å². The highest BCUT2D eigenvalue weighted by molar-refractivity contribution is 5.87. The van der Waals surface area contributed by atoms with Gasteiger partial charge in [-0.1, -0.05) is 181 Å². The van der Waals surface area contributed by atoms with Gasteiger partial charge in [-0.25, -0.2) is 0 Å². The molecule has 0 atom stereocenters. The first-order valence-electron chi connectivity index (χ1n) is 31.1. The smallest absolute Gasteiger partial charge is 0.243 e. The van der Waals surface area contributed by atoms with Crippen molar-refractivity contribution in [3.8, 4) is 17.2 Å². The third-order valence-electron chi connectivity index (χ3n) is 16.1. The van der Waals surface area contributed by atoms with Crippen LogP contribution >= 0.6 is 0 Å². The van der Waals surface area contributed by atoms with Crippen molar-refractivity contribution in [2.24, 2.45) is 0 Å². The highest BCUT2D eigenvalue weighted by Gasteiger charge is 2.33. The van der Waals surface area contributed by atoms with E-state index in [4.69, 9.17) is 14.2 Å². The average molecular weight is 1150 g/mol. The lowest BCUT2D eigenvalue weighted by Gasteiger charge is -2.32. The Bertz CT molecular complexity index is 2520. The molecule has 4 rings (SSSR count). The maximum absolute atomic E-state index is 11.9. The summed E-state index contributed by atoms with van der Waals surface area (Å²) in [7, 11) is 0. The predicted molar refractivity (Wildman–Crippen MR) is 354 cm³/mol. The monoisotopic (exact) mass is 1150 g/mol. The molecular weight excluding hydrogens is 1040 g/mol. The molecule has 0 unspecified atom stereocenters. The number of amides is 3. The highest BCUT2D eigenvalue weighted by Crippen LogP contribution is 2.46. The van der Waals surface area contributed by atoms with Gasteiger partial charge >= 0.3 is 0 Å². The molecule has 0 radical (unpaired) electrons. The maximum Gasteiger partial charge on any atom is 0.243 e. The highest BCUT2D eigenvalue weighted by atomic mass is 16.5. The first-order valence-corrected chi connectivity index (χ1v) is 31.1. The van der Waals surface area contributed by atoms with Crippen LogP contribution in [0.4, 0.5) is 0 Å². The molecule has 0 heterocycles. The van der Waals surface area contributed by atoms with E-state index in [-0.39, 0.29) is 50.2 Å². The quantitative estimate of drug-likeness (QED) is 0.0405. The first-order chi connectivity index (χ1) is 38.8. The Hall–Kier alpha value is -6.09. The second kappa shape index (κ2) is 29.3. The molecule has 0 bridgehead atoms. The van der Waals surface area contributed by atoms with E-state index in [2.05, 4.69) is 217 Å². The third kappa shape index (κ3) is 19.7. The van der Waals surface area contributed by atoms with Crippen molar-refractivity contribution < 1.29 is 28.6 Å². The molecule has 4 aromatic carbocycles. The molecular formula is C75H111N3O6. The van der Waals surface area contributed by atoms with Gasteiger partial charge < -0.3 is 30.2 Å². The summed E-state index contributed by atoms with van der Waals surface area (Å²) in [5.74, 6) is 2.44. The Balaban J connectivity index is 2.02. The van der Waals surface area contributed by atoms with Gasteiger partial charge in [0, 0.05) is 53.0 Å². The molecule has 4 aromatic rings. The number of ether oxygens (including phenoxy) is 3. The van der Waals surface area contributed by atoms with Crippen LogP contribution in [0.15, 0.2) is 74.4 Å². The standard InChI is InChI=1S/C75H111N3O6/c1-25-64(79)76-34-28-31-37-82-67-58(70(7,8)9)43-52(44-59(67)71(10,11)12)40-55-49(4)56(41-53-45-60(72(13,14)15)68(61(46-53)73(16,17)18)83-38-32-29-35-77-65(80)26-2)51(6)57(50(55)5)42-54-47-62(74(19,20)21)69(63(48-54)75(22,23)24)84-39-33-30-36-78-66(81)27-3/h25-27,43-48H,1-3,28-42H2,4-24H3,(H,76,79)(H,77,80)(H,78,81). The zero-order valence-corrected chi connectivity index (χ0v) is 56.4. The molecule has 0 fully saturated rings. The minimum Gasteiger partial charge on any atom is -0.493 e. The fraction of sp³-hybridized carbons (Fsp3) is 0.560. The van der Waals surface area contributed by atoms with Gasteiger partial charge in [-0.2, -0.15) is 0 Å². The molecule has 0 saturated carbocycles. The molecule has 9 nitrogen and oxygen atoms in total. The van der Waals surface area contributed by atoms with Crippen LogP contribution in [0.3, 0.4) is 0 Å². The molecule has 0 spiro atoms. The van der Waals surface area contributed by atoms with Gasteiger partial charge in [0.25, 0.3) is 0 Å². The van der Waals surface area contributed by atoms with E-state index in [0.717, 1.165) is 75.0 Å².